The molecule has 1 fully saturated rings. The monoisotopic (exact) mass is 254 g/mol. The highest BCUT2D eigenvalue weighted by Gasteiger charge is 2.35. The smallest absolute Gasteiger partial charge is 0.0951 e. The molecule has 0 amide bonds. The molecule has 4 heteroatoms. The van der Waals surface area contributed by atoms with Crippen molar-refractivity contribution in [3.05, 3.63) is 16.6 Å². The number of aliphatic hydroxyl groups excluding tert-OH is 1. The van der Waals surface area contributed by atoms with Gasteiger partial charge in [-0.1, -0.05) is 6.42 Å². The lowest BCUT2D eigenvalue weighted by molar-refractivity contribution is -0.0187. The van der Waals surface area contributed by atoms with Gasteiger partial charge in [0.05, 0.1) is 11.1 Å². The Hall–Kier alpha value is -0.450. The largest absolute Gasteiger partial charge is 0.391 e. The molecule has 1 saturated heterocycles. The van der Waals surface area contributed by atoms with Crippen LogP contribution in [0.25, 0.3) is 0 Å². The van der Waals surface area contributed by atoms with Gasteiger partial charge in [0, 0.05) is 23.5 Å². The number of thiazole rings is 1. The van der Waals surface area contributed by atoms with Crippen LogP contribution in [0.5, 0.6) is 0 Å². The van der Waals surface area contributed by atoms with Gasteiger partial charge >= 0.3 is 0 Å². The number of piperidine rings is 1. The van der Waals surface area contributed by atoms with E-state index in [1.807, 2.05) is 5.38 Å². The molecule has 1 aromatic rings. The number of rotatable bonds is 4. The highest BCUT2D eigenvalue weighted by Crippen LogP contribution is 2.26. The first-order valence-corrected chi connectivity index (χ1v) is 7.30. The molecule has 1 aliphatic rings. The minimum atomic E-state index is -0.341. The average Bonchev–Trinajstić information content (AvgIpc) is 2.83. The van der Waals surface area contributed by atoms with Crippen molar-refractivity contribution >= 4 is 11.3 Å². The van der Waals surface area contributed by atoms with Crippen LogP contribution in [0.4, 0.5) is 0 Å². The second kappa shape index (κ2) is 5.46. The van der Waals surface area contributed by atoms with Crippen molar-refractivity contribution in [2.24, 2.45) is 0 Å². The lowest BCUT2D eigenvalue weighted by atomic mass is 9.90. The Morgan fingerprint density at radius 2 is 2.12 bits per heavy atom. The van der Waals surface area contributed by atoms with E-state index in [-0.39, 0.29) is 11.6 Å². The lowest BCUT2D eigenvalue weighted by Crippen LogP contribution is -2.54. The molecule has 1 N–H and O–H groups in total. The van der Waals surface area contributed by atoms with Crippen LogP contribution >= 0.6 is 11.3 Å². The van der Waals surface area contributed by atoms with E-state index in [2.05, 4.69) is 23.7 Å². The molecule has 2 heterocycles. The van der Waals surface area contributed by atoms with Gasteiger partial charge in [-0.3, -0.25) is 4.90 Å². The van der Waals surface area contributed by atoms with Gasteiger partial charge in [-0.05, 0) is 39.8 Å². The highest BCUT2D eigenvalue weighted by atomic mass is 32.1. The molecule has 1 atom stereocenters. The maximum absolute atomic E-state index is 10.4. The maximum atomic E-state index is 10.4. The second-order valence-corrected chi connectivity index (χ2v) is 6.33. The fraction of sp³-hybridized carbons (Fsp3) is 0.769. The maximum Gasteiger partial charge on any atom is 0.0951 e. The van der Waals surface area contributed by atoms with Crippen LogP contribution in [-0.4, -0.2) is 39.7 Å². The molecule has 1 unspecified atom stereocenters. The summed E-state index contributed by atoms with van der Waals surface area (Å²) in [5.74, 6) is 0. The molecule has 0 saturated carbocycles. The summed E-state index contributed by atoms with van der Waals surface area (Å²) in [5, 5.41) is 13.4. The molecule has 0 spiro atoms. The van der Waals surface area contributed by atoms with Gasteiger partial charge < -0.3 is 5.11 Å². The van der Waals surface area contributed by atoms with Gasteiger partial charge in [0.15, 0.2) is 0 Å². The third-order valence-electron chi connectivity index (χ3n) is 3.84. The number of aromatic nitrogens is 1. The minimum absolute atomic E-state index is 0.147. The van der Waals surface area contributed by atoms with Crippen molar-refractivity contribution < 1.29 is 5.11 Å². The number of aliphatic hydroxyl groups is 1. The Labute approximate surface area is 107 Å². The molecular weight excluding hydrogens is 232 g/mol. The first-order chi connectivity index (χ1) is 8.10. The van der Waals surface area contributed by atoms with E-state index >= 15 is 0 Å². The molecule has 1 aliphatic heterocycles. The average molecular weight is 254 g/mol. The molecule has 1 aromatic heterocycles. The summed E-state index contributed by atoms with van der Waals surface area (Å²) in [6, 6.07) is 0. The summed E-state index contributed by atoms with van der Waals surface area (Å²) < 4.78 is 0. The molecule has 3 nitrogen and oxygen atoms in total. The second-order valence-electron chi connectivity index (χ2n) is 5.35. The van der Waals surface area contributed by atoms with E-state index in [1.165, 1.54) is 19.3 Å². The van der Waals surface area contributed by atoms with Crippen LogP contribution in [0, 0.1) is 0 Å². The van der Waals surface area contributed by atoms with Crippen LogP contribution in [0.3, 0.4) is 0 Å². The minimum Gasteiger partial charge on any atom is -0.391 e. The van der Waals surface area contributed by atoms with Gasteiger partial charge in [-0.25, -0.2) is 4.98 Å². The fourth-order valence-electron chi connectivity index (χ4n) is 2.45. The number of hydrogen-bond donors (Lipinski definition) is 1. The third-order valence-corrected chi connectivity index (χ3v) is 4.64. The van der Waals surface area contributed by atoms with Crippen LogP contribution in [0.1, 0.15) is 38.1 Å². The van der Waals surface area contributed by atoms with Crippen molar-refractivity contribution in [1.82, 2.24) is 9.88 Å². The SMILES string of the molecule is CC(C)(C(O)Cc1nccs1)N1CCCCC1. The van der Waals surface area contributed by atoms with Crippen molar-refractivity contribution in [1.29, 1.82) is 0 Å². The first kappa shape index (κ1) is 13.0. The summed E-state index contributed by atoms with van der Waals surface area (Å²) in [7, 11) is 0. The van der Waals surface area contributed by atoms with E-state index in [1.54, 1.807) is 17.5 Å². The van der Waals surface area contributed by atoms with Crippen LogP contribution in [0.2, 0.25) is 0 Å². The molecule has 0 radical (unpaired) electrons. The number of nitrogens with zero attached hydrogens (tertiary/aromatic N) is 2. The summed E-state index contributed by atoms with van der Waals surface area (Å²) in [6.07, 6.45) is 5.98. The molecular formula is C13H22N2OS. The predicted molar refractivity (Wildman–Crippen MR) is 71.3 cm³/mol. The highest BCUT2D eigenvalue weighted by molar-refractivity contribution is 7.09. The topological polar surface area (TPSA) is 36.4 Å². The van der Waals surface area contributed by atoms with Crippen molar-refractivity contribution in [2.45, 2.75) is 51.2 Å². The number of likely N-dealkylation sites (tertiary alicyclic amines) is 1. The summed E-state index contributed by atoms with van der Waals surface area (Å²) in [5.41, 5.74) is -0.147. The molecule has 0 bridgehead atoms. The van der Waals surface area contributed by atoms with Gasteiger partial charge in [0.25, 0.3) is 0 Å². The molecule has 2 rings (SSSR count). The number of hydrogen-bond acceptors (Lipinski definition) is 4. The van der Waals surface area contributed by atoms with Crippen molar-refractivity contribution in [3.8, 4) is 0 Å². The van der Waals surface area contributed by atoms with E-state index in [9.17, 15) is 5.11 Å². The van der Waals surface area contributed by atoms with Gasteiger partial charge in [-0.15, -0.1) is 11.3 Å². The first-order valence-electron chi connectivity index (χ1n) is 6.42. The van der Waals surface area contributed by atoms with Gasteiger partial charge in [0.1, 0.15) is 0 Å². The van der Waals surface area contributed by atoms with E-state index in [0.29, 0.717) is 6.42 Å². The summed E-state index contributed by atoms with van der Waals surface area (Å²) >= 11 is 1.62. The Balaban J connectivity index is 1.98. The van der Waals surface area contributed by atoms with Gasteiger partial charge in [0.2, 0.25) is 0 Å². The zero-order valence-corrected chi connectivity index (χ0v) is 11.5. The molecule has 0 aromatic carbocycles. The van der Waals surface area contributed by atoms with E-state index < -0.39 is 0 Å². The summed E-state index contributed by atoms with van der Waals surface area (Å²) in [6.45, 7) is 6.52. The Morgan fingerprint density at radius 3 is 2.71 bits per heavy atom. The zero-order chi connectivity index (χ0) is 12.3. The third kappa shape index (κ3) is 3.06. The van der Waals surface area contributed by atoms with Crippen LogP contribution in [0.15, 0.2) is 11.6 Å². The van der Waals surface area contributed by atoms with Gasteiger partial charge in [-0.2, -0.15) is 0 Å². The molecule has 17 heavy (non-hydrogen) atoms. The summed E-state index contributed by atoms with van der Waals surface area (Å²) in [4.78, 5) is 6.68. The Morgan fingerprint density at radius 1 is 1.41 bits per heavy atom. The van der Waals surface area contributed by atoms with Crippen molar-refractivity contribution in [3.63, 3.8) is 0 Å². The van der Waals surface area contributed by atoms with E-state index in [4.69, 9.17) is 0 Å². The molecule has 0 aliphatic carbocycles. The Kier molecular flexibility index (Phi) is 4.17. The molecule has 96 valence electrons. The zero-order valence-electron chi connectivity index (χ0n) is 10.7. The predicted octanol–water partition coefficient (Wildman–Crippen LogP) is 2.31. The van der Waals surface area contributed by atoms with Crippen LogP contribution in [-0.2, 0) is 6.42 Å². The van der Waals surface area contributed by atoms with Crippen molar-refractivity contribution in [2.75, 3.05) is 13.1 Å². The van der Waals surface area contributed by atoms with Crippen LogP contribution < -0.4 is 0 Å². The van der Waals surface area contributed by atoms with E-state index in [0.717, 1.165) is 18.1 Å². The normalized spacial score (nSPS) is 20.4. The standard InChI is InChI=1S/C13H22N2OS/c1-13(2,15-7-4-3-5-8-15)11(16)10-12-14-6-9-17-12/h6,9,11,16H,3-5,7-8,10H2,1-2H3. The Bertz CT molecular complexity index is 331. The quantitative estimate of drug-likeness (QED) is 0.896. The fourth-order valence-corrected chi connectivity index (χ4v) is 3.10. The lowest BCUT2D eigenvalue weighted by Gasteiger charge is -2.43.